The van der Waals surface area contributed by atoms with E-state index in [1.165, 1.54) is 20.3 Å². The van der Waals surface area contributed by atoms with Crippen molar-refractivity contribution in [2.75, 3.05) is 56.4 Å². The van der Waals surface area contributed by atoms with Gasteiger partial charge in [0.25, 0.3) is 0 Å². The van der Waals surface area contributed by atoms with Gasteiger partial charge in [-0.1, -0.05) is 18.2 Å². The third kappa shape index (κ3) is 7.14. The van der Waals surface area contributed by atoms with Crippen LogP contribution in [0.5, 0.6) is 11.5 Å². The Morgan fingerprint density at radius 1 is 0.925 bits per heavy atom. The maximum atomic E-state index is 12.7. The van der Waals surface area contributed by atoms with E-state index in [1.54, 1.807) is 54.6 Å². The van der Waals surface area contributed by atoms with Crippen LogP contribution in [0.15, 0.2) is 66.7 Å². The molecule has 0 fully saturated rings. The first-order valence-corrected chi connectivity index (χ1v) is 13.2. The van der Waals surface area contributed by atoms with Crippen molar-refractivity contribution in [3.63, 3.8) is 0 Å². The molecule has 4 rings (SSSR count). The summed E-state index contributed by atoms with van der Waals surface area (Å²) in [5.74, 6) is 1.23. The molecule has 40 heavy (non-hydrogen) atoms. The van der Waals surface area contributed by atoms with Gasteiger partial charge in [-0.05, 0) is 44.4 Å². The van der Waals surface area contributed by atoms with Gasteiger partial charge in [-0.3, -0.25) is 13.8 Å². The predicted octanol–water partition coefficient (Wildman–Crippen LogP) is 4.43. The summed E-state index contributed by atoms with van der Waals surface area (Å²) in [7, 11) is 6.79. The molecule has 0 radical (unpaired) electrons. The number of hydrogen-bond donors (Lipinski definition) is 2. The summed E-state index contributed by atoms with van der Waals surface area (Å²) in [6.07, 6.45) is -0.659. The Kier molecular flexibility index (Phi) is 9.32. The van der Waals surface area contributed by atoms with Crippen LogP contribution in [0.2, 0.25) is 0 Å². The number of nitrogens with one attached hydrogen (secondary N) is 2. The molecule has 13 heteroatoms. The number of ether oxygens (including phenoxy) is 3. The van der Waals surface area contributed by atoms with Gasteiger partial charge in [0, 0.05) is 36.1 Å². The number of carbonyl (C=O) groups excluding carboxylic acids is 1. The number of nitrogens with zero attached hydrogens (tertiary/aromatic N) is 4. The summed E-state index contributed by atoms with van der Waals surface area (Å²) in [6, 6.07) is 18.5. The number of rotatable bonds is 11. The van der Waals surface area contributed by atoms with Crippen LogP contribution in [0.3, 0.4) is 0 Å². The largest absolute Gasteiger partial charge is 0.755 e. The molecule has 0 saturated carbocycles. The SMILES string of the molecule is COc1cc(Nc2nc3ccccc3nc2N(c2cccc(NC(=O)OCCN(C)C)c2)S(=O)[O-])cc(OC)c1. The fraction of sp³-hybridized carbons (Fsp3) is 0.222. The minimum atomic E-state index is -2.82. The molecular formula is C27H29N6O6S-. The van der Waals surface area contributed by atoms with Crippen molar-refractivity contribution in [2.45, 2.75) is 0 Å². The van der Waals surface area contributed by atoms with Gasteiger partial charge in [-0.25, -0.2) is 14.8 Å². The third-order valence-electron chi connectivity index (χ3n) is 5.61. The van der Waals surface area contributed by atoms with Crippen molar-refractivity contribution in [3.05, 3.63) is 66.7 Å². The van der Waals surface area contributed by atoms with Crippen LogP contribution >= 0.6 is 0 Å². The van der Waals surface area contributed by atoms with Crippen LogP contribution in [-0.2, 0) is 16.0 Å². The first-order chi connectivity index (χ1) is 19.3. The summed E-state index contributed by atoms with van der Waals surface area (Å²) in [5.41, 5.74) is 2.13. The summed E-state index contributed by atoms with van der Waals surface area (Å²) in [4.78, 5) is 23.4. The van der Waals surface area contributed by atoms with E-state index in [0.717, 1.165) is 4.31 Å². The first kappa shape index (κ1) is 28.5. The van der Waals surface area contributed by atoms with Gasteiger partial charge in [0.15, 0.2) is 11.6 Å². The fourth-order valence-electron chi connectivity index (χ4n) is 3.70. The van der Waals surface area contributed by atoms with Crippen LogP contribution in [0.4, 0.5) is 33.5 Å². The molecule has 1 atom stereocenters. The number of carbonyl (C=O) groups is 1. The number of fused-ring (bicyclic) bond motifs is 1. The van der Waals surface area contributed by atoms with Gasteiger partial charge in [-0.2, -0.15) is 0 Å². The summed E-state index contributed by atoms with van der Waals surface area (Å²) >= 11 is -2.82. The van der Waals surface area contributed by atoms with Gasteiger partial charge in [0.05, 0.1) is 42.2 Å². The zero-order chi connectivity index (χ0) is 28.6. The Bertz CT molecular complexity index is 1500. The van der Waals surface area contributed by atoms with Crippen molar-refractivity contribution < 1.29 is 27.8 Å². The molecule has 0 bridgehead atoms. The highest BCUT2D eigenvalue weighted by molar-refractivity contribution is 7.81. The van der Waals surface area contributed by atoms with E-state index in [9.17, 15) is 13.6 Å². The number of hydrogen-bond acceptors (Lipinski definition) is 10. The normalized spacial score (nSPS) is 11.7. The Hall–Kier alpha value is -4.46. The Labute approximate surface area is 234 Å². The molecule has 1 unspecified atom stereocenters. The summed E-state index contributed by atoms with van der Waals surface area (Å²) < 4.78 is 42.2. The number of likely N-dealkylation sites (N-methyl/N-ethyl adjacent to an activating group) is 1. The Balaban J connectivity index is 1.73. The highest BCUT2D eigenvalue weighted by Gasteiger charge is 2.21. The second-order valence-electron chi connectivity index (χ2n) is 8.74. The minimum absolute atomic E-state index is 0.0135. The number of benzene rings is 3. The molecule has 2 N–H and O–H groups in total. The number of para-hydroxylation sites is 2. The molecular weight excluding hydrogens is 536 g/mol. The molecule has 1 aromatic heterocycles. The lowest BCUT2D eigenvalue weighted by molar-refractivity contribution is 0.151. The number of amides is 1. The molecule has 12 nitrogen and oxygen atoms in total. The molecule has 4 aromatic rings. The molecule has 210 valence electrons. The molecule has 0 aliphatic heterocycles. The smallest absolute Gasteiger partial charge is 0.411 e. The monoisotopic (exact) mass is 565 g/mol. The van der Waals surface area contributed by atoms with Crippen LogP contribution in [0, 0.1) is 0 Å². The average molecular weight is 566 g/mol. The van der Waals surface area contributed by atoms with E-state index < -0.39 is 17.4 Å². The molecule has 0 aliphatic carbocycles. The second-order valence-corrected chi connectivity index (χ2v) is 9.54. The molecule has 3 aromatic carbocycles. The van der Waals surface area contributed by atoms with E-state index in [1.807, 2.05) is 25.1 Å². The molecule has 0 aliphatic rings. The van der Waals surface area contributed by atoms with E-state index in [-0.39, 0.29) is 23.9 Å². The zero-order valence-corrected chi connectivity index (χ0v) is 23.2. The van der Waals surface area contributed by atoms with E-state index in [0.29, 0.717) is 40.5 Å². The van der Waals surface area contributed by atoms with E-state index in [2.05, 4.69) is 20.6 Å². The van der Waals surface area contributed by atoms with Crippen LogP contribution in [0.1, 0.15) is 0 Å². The standard InChI is InChI=1S/C27H30N6O6S/c1-32(2)12-13-39-27(34)29-18-8-7-9-20(14-18)33(40(35)36)26-25(30-23-10-5-6-11-24(23)31-26)28-19-15-21(37-3)17-22(16-19)38-4/h5-11,14-17H,12-13H2,1-4H3,(H,28,30)(H,29,34)(H,35,36)/p-1. The van der Waals surface area contributed by atoms with Gasteiger partial charge in [0.1, 0.15) is 18.1 Å². The molecule has 0 spiro atoms. The Morgan fingerprint density at radius 3 is 2.23 bits per heavy atom. The topological polar surface area (TPSA) is 141 Å². The van der Waals surface area contributed by atoms with Gasteiger partial charge >= 0.3 is 6.09 Å². The highest BCUT2D eigenvalue weighted by atomic mass is 32.2. The summed E-state index contributed by atoms with van der Waals surface area (Å²) in [6.45, 7) is 0.762. The number of aromatic nitrogens is 2. The second kappa shape index (κ2) is 13.1. The van der Waals surface area contributed by atoms with Gasteiger partial charge < -0.3 is 29.0 Å². The van der Waals surface area contributed by atoms with Crippen molar-refractivity contribution in [1.29, 1.82) is 0 Å². The lowest BCUT2D eigenvalue weighted by Gasteiger charge is -2.27. The maximum absolute atomic E-state index is 12.7. The van der Waals surface area contributed by atoms with Crippen molar-refractivity contribution >= 4 is 57.1 Å². The molecule has 1 amide bonds. The predicted molar refractivity (Wildman–Crippen MR) is 153 cm³/mol. The van der Waals surface area contributed by atoms with Crippen LogP contribution in [0.25, 0.3) is 11.0 Å². The molecule has 0 saturated heterocycles. The van der Waals surface area contributed by atoms with Crippen molar-refractivity contribution in [2.24, 2.45) is 0 Å². The minimum Gasteiger partial charge on any atom is -0.755 e. The zero-order valence-electron chi connectivity index (χ0n) is 22.4. The highest BCUT2D eigenvalue weighted by Crippen LogP contribution is 2.36. The average Bonchev–Trinajstić information content (AvgIpc) is 2.93. The first-order valence-electron chi connectivity index (χ1n) is 12.1. The van der Waals surface area contributed by atoms with Crippen molar-refractivity contribution in [3.8, 4) is 11.5 Å². The van der Waals surface area contributed by atoms with E-state index in [4.69, 9.17) is 14.2 Å². The van der Waals surface area contributed by atoms with Crippen LogP contribution < -0.4 is 24.4 Å². The van der Waals surface area contributed by atoms with Gasteiger partial charge in [-0.15, -0.1) is 0 Å². The number of methoxy groups -OCH3 is 2. The van der Waals surface area contributed by atoms with E-state index >= 15 is 0 Å². The lowest BCUT2D eigenvalue weighted by Crippen LogP contribution is -2.23. The van der Waals surface area contributed by atoms with Crippen LogP contribution in [-0.4, -0.2) is 71.2 Å². The number of anilines is 5. The molecule has 1 heterocycles. The maximum Gasteiger partial charge on any atom is 0.411 e. The Morgan fingerprint density at radius 2 is 1.60 bits per heavy atom. The van der Waals surface area contributed by atoms with Gasteiger partial charge in [0.2, 0.25) is 0 Å². The lowest BCUT2D eigenvalue weighted by atomic mass is 10.2. The fourth-order valence-corrected chi connectivity index (χ4v) is 4.25. The van der Waals surface area contributed by atoms with Crippen molar-refractivity contribution in [1.82, 2.24) is 14.9 Å². The summed E-state index contributed by atoms with van der Waals surface area (Å²) in [5, 5.41) is 5.78. The quantitative estimate of drug-likeness (QED) is 0.251. The third-order valence-corrected chi connectivity index (χ3v) is 6.29.